The van der Waals surface area contributed by atoms with Crippen LogP contribution in [-0.4, -0.2) is 46.2 Å². The van der Waals surface area contributed by atoms with Crippen LogP contribution in [0.5, 0.6) is 11.5 Å². The summed E-state index contributed by atoms with van der Waals surface area (Å²) in [6.45, 7) is 17.4. The van der Waals surface area contributed by atoms with Crippen LogP contribution in [-0.2, 0) is 28.6 Å². The molecule has 3 aromatic heterocycles. The molecule has 0 spiro atoms. The summed E-state index contributed by atoms with van der Waals surface area (Å²) in [4.78, 5) is 0. The Morgan fingerprint density at radius 3 is 1.02 bits per heavy atom. The Morgan fingerprint density at radius 2 is 0.643 bits per heavy atom. The quantitative estimate of drug-likeness (QED) is 0.0501. The molecule has 13 aromatic carbocycles. The number of aryl methyl sites for hydroxylation is 4. The maximum Gasteiger partial charge on any atom is 0.495 e. The van der Waals surface area contributed by atoms with Crippen molar-refractivity contribution in [1.82, 2.24) is 13.7 Å². The molecule has 1 fully saturated rings. The van der Waals surface area contributed by atoms with Crippen LogP contribution in [0.1, 0.15) is 129 Å². The van der Waals surface area contributed by atoms with E-state index in [1.807, 2.05) is 30.3 Å². The Labute approximate surface area is 678 Å². The third-order valence-corrected chi connectivity index (χ3v) is 24.4. The summed E-state index contributed by atoms with van der Waals surface area (Å²) in [5.41, 5.74) is 26.0. The van der Waals surface area contributed by atoms with Gasteiger partial charge in [-0.25, -0.2) is 0 Å². The summed E-state index contributed by atoms with van der Waals surface area (Å²) in [5.74, 6) is 1.69. The van der Waals surface area contributed by atoms with Gasteiger partial charge in [-0.3, -0.25) is 0 Å². The second kappa shape index (κ2) is 34.0. The third kappa shape index (κ3) is 15.5. The van der Waals surface area contributed by atoms with Crippen LogP contribution >= 0.6 is 31.9 Å². The lowest BCUT2D eigenvalue weighted by Gasteiger charge is -2.32. The molecular formula is C102H100BBr2N3O4. The molecule has 0 radical (unpaired) electrons. The zero-order chi connectivity index (χ0) is 77.6. The van der Waals surface area contributed by atoms with E-state index in [-0.39, 0.29) is 0 Å². The Hall–Kier alpha value is -10.2. The number of benzene rings is 13. The van der Waals surface area contributed by atoms with Gasteiger partial charge in [0.2, 0.25) is 0 Å². The zero-order valence-corrected chi connectivity index (χ0v) is 69.5. The Bertz CT molecular complexity index is 5970. The summed E-state index contributed by atoms with van der Waals surface area (Å²) in [5, 5.41) is 7.24. The van der Waals surface area contributed by atoms with E-state index in [1.54, 1.807) is 14.2 Å². The minimum atomic E-state index is -0.435. The topological polar surface area (TPSA) is 51.7 Å². The van der Waals surface area contributed by atoms with Gasteiger partial charge in [-0.1, -0.05) is 261 Å². The molecule has 1 saturated heterocycles. The molecule has 16 aromatic rings. The van der Waals surface area contributed by atoms with Gasteiger partial charge in [-0.15, -0.1) is 0 Å². The molecule has 0 amide bonds. The highest BCUT2D eigenvalue weighted by Gasteiger charge is 2.52. The first kappa shape index (κ1) is 77.1. The zero-order valence-electron chi connectivity index (χ0n) is 66.4. The largest absolute Gasteiger partial charge is 0.497 e. The van der Waals surface area contributed by atoms with Gasteiger partial charge >= 0.3 is 7.12 Å². The van der Waals surface area contributed by atoms with Gasteiger partial charge in [-0.05, 0) is 255 Å². The molecule has 0 unspecified atom stereocenters. The fourth-order valence-electron chi connectivity index (χ4n) is 16.5. The summed E-state index contributed by atoms with van der Waals surface area (Å²) in [6, 6.07) is 102. The average Bonchev–Trinajstić information content (AvgIpc) is 1.58. The van der Waals surface area contributed by atoms with Crippen molar-refractivity contribution in [1.29, 1.82) is 0 Å². The van der Waals surface area contributed by atoms with Crippen LogP contribution in [0.15, 0.2) is 288 Å². The maximum atomic E-state index is 6.48. The number of halogens is 2. The minimum absolute atomic E-state index is 0.399. The molecule has 7 nitrogen and oxygen atoms in total. The Morgan fingerprint density at radius 1 is 0.321 bits per heavy atom. The van der Waals surface area contributed by atoms with E-state index >= 15 is 0 Å². The molecule has 4 heterocycles. The monoisotopic (exact) mass is 1600 g/mol. The lowest BCUT2D eigenvalue weighted by molar-refractivity contribution is 0.00578. The number of aromatic nitrogens is 3. The van der Waals surface area contributed by atoms with E-state index < -0.39 is 18.3 Å². The highest BCUT2D eigenvalue weighted by atomic mass is 79.9. The van der Waals surface area contributed by atoms with Gasteiger partial charge in [0.15, 0.2) is 0 Å². The number of hydrogen-bond donors (Lipinski definition) is 0. The smallest absolute Gasteiger partial charge is 0.495 e. The van der Waals surface area contributed by atoms with E-state index in [0.29, 0.717) is 0 Å². The molecule has 1 aliphatic rings. The molecule has 0 saturated carbocycles. The molecule has 10 heteroatoms. The van der Waals surface area contributed by atoms with Crippen LogP contribution in [0.25, 0.3) is 127 Å². The van der Waals surface area contributed by atoms with Crippen molar-refractivity contribution in [2.75, 3.05) is 14.2 Å². The highest BCUT2D eigenvalue weighted by Crippen LogP contribution is 2.48. The first-order valence-corrected chi connectivity index (χ1v) is 41.8. The molecular weight excluding hydrogens is 1500 g/mol. The number of fused-ring (bicyclic) bond motifs is 9. The van der Waals surface area contributed by atoms with Crippen LogP contribution in [0.2, 0.25) is 0 Å². The van der Waals surface area contributed by atoms with E-state index in [9.17, 15) is 0 Å². The number of methoxy groups -OCH3 is 2. The standard InChI is InChI=1S/C60H56N2O.C30H36BNO3.C12H8Br2/c1-5-7-9-17-42-28-32-44(33-29-42)61-55-37-27-41(3)39-53(55)59-51(23-15-25-57(59)61)49-21-13-11-19-47(49)48-20-12-14-22-50(48)52-24-16-26-58-60(52)54-40-46(63-4)36-38-56(54)62(58)45-34-30-43(31-35-45)18-10-8-6-2;1-7-8-9-11-21-14-16-22(17-15-21)32-26-19-18-23(33-6)20-24(26)28-25(12-10-13-27(28)32)31-34-29(2,3)30(4,5)35-31;13-11-7-3-1-5-9(11)10-6-2-4-8-12(10)14/h11-16,19-40H,5-10,17-18H2,1-4H3;10,12-20H,7-9,11H2,1-6H3;1-8H. The predicted octanol–water partition coefficient (Wildman–Crippen LogP) is 28.4. The number of rotatable bonds is 22. The van der Waals surface area contributed by atoms with Crippen molar-refractivity contribution >= 4 is 110 Å². The summed E-state index contributed by atoms with van der Waals surface area (Å²) in [7, 11) is 3.04. The van der Waals surface area contributed by atoms with Gasteiger partial charge < -0.3 is 32.5 Å². The second-order valence-electron chi connectivity index (χ2n) is 30.9. The molecule has 112 heavy (non-hydrogen) atoms. The van der Waals surface area contributed by atoms with Crippen molar-refractivity contribution in [3.05, 3.63) is 310 Å². The average molecular weight is 1600 g/mol. The van der Waals surface area contributed by atoms with Crippen molar-refractivity contribution in [2.45, 2.75) is 144 Å². The van der Waals surface area contributed by atoms with E-state index in [4.69, 9.17) is 18.8 Å². The molecule has 0 aliphatic carbocycles. The van der Waals surface area contributed by atoms with Gasteiger partial charge in [0, 0.05) is 58.3 Å². The number of hydrogen-bond acceptors (Lipinski definition) is 4. The van der Waals surface area contributed by atoms with Crippen molar-refractivity contribution in [3.8, 4) is 73.1 Å². The number of unbranched alkanes of at least 4 members (excludes halogenated alkanes) is 6. The molecule has 1 aliphatic heterocycles. The normalized spacial score (nSPS) is 13.1. The van der Waals surface area contributed by atoms with Crippen LogP contribution < -0.4 is 14.9 Å². The SMILES string of the molecule is Brc1ccccc1-c1ccccc1Br.CCCCCc1ccc(-n2c3ccc(C)cc3c3c(-c4ccccc4-c4ccccc4-c4cccc5c4c4cc(OC)ccc4n5-c4ccc(CCCCC)cc4)cccc32)cc1.CCCCCc1ccc(-n2c3ccc(OC)cc3c3c(B4OC(C)(C)C(C)(C)O4)cccc32)cc1. The molecule has 17 rings (SSSR count). The highest BCUT2D eigenvalue weighted by molar-refractivity contribution is 9.11. The van der Waals surface area contributed by atoms with Crippen molar-refractivity contribution < 1.29 is 18.8 Å². The predicted molar refractivity (Wildman–Crippen MR) is 483 cm³/mol. The van der Waals surface area contributed by atoms with Crippen LogP contribution in [0.3, 0.4) is 0 Å². The van der Waals surface area contributed by atoms with Crippen molar-refractivity contribution in [3.63, 3.8) is 0 Å². The fourth-order valence-corrected chi connectivity index (χ4v) is 17.4. The first-order valence-electron chi connectivity index (χ1n) is 40.2. The van der Waals surface area contributed by atoms with E-state index in [0.717, 1.165) is 72.7 Å². The van der Waals surface area contributed by atoms with Crippen LogP contribution in [0.4, 0.5) is 0 Å². The van der Waals surface area contributed by atoms with E-state index in [2.05, 4.69) is 350 Å². The minimum Gasteiger partial charge on any atom is -0.497 e. The van der Waals surface area contributed by atoms with Crippen LogP contribution in [0, 0.1) is 6.92 Å². The molecule has 0 N–H and O–H groups in total. The Kier molecular flexibility index (Phi) is 23.4. The number of ether oxygens (including phenoxy) is 2. The van der Waals surface area contributed by atoms with Gasteiger partial charge in [0.25, 0.3) is 0 Å². The van der Waals surface area contributed by atoms with Gasteiger partial charge in [0.05, 0.1) is 58.5 Å². The molecule has 0 atom stereocenters. The number of nitrogens with zero attached hydrogens (tertiary/aromatic N) is 3. The van der Waals surface area contributed by atoms with Gasteiger partial charge in [0.1, 0.15) is 11.5 Å². The second-order valence-corrected chi connectivity index (χ2v) is 32.7. The first-order chi connectivity index (χ1) is 54.6. The summed E-state index contributed by atoms with van der Waals surface area (Å²) in [6.07, 6.45) is 14.6. The van der Waals surface area contributed by atoms with E-state index in [1.165, 1.54) is 180 Å². The van der Waals surface area contributed by atoms with Crippen molar-refractivity contribution in [2.24, 2.45) is 0 Å². The molecule has 564 valence electrons. The van der Waals surface area contributed by atoms with Gasteiger partial charge in [-0.2, -0.15) is 0 Å². The fraction of sp³-hybridized carbons (Fsp3) is 0.235. The summed E-state index contributed by atoms with van der Waals surface area (Å²) < 4.78 is 33.9. The maximum absolute atomic E-state index is 6.48. The third-order valence-electron chi connectivity index (χ3n) is 23.0. The molecule has 0 bridgehead atoms. The lowest BCUT2D eigenvalue weighted by atomic mass is 9.76. The Balaban J connectivity index is 0.000000168. The lowest BCUT2D eigenvalue weighted by Crippen LogP contribution is -2.41. The summed E-state index contributed by atoms with van der Waals surface area (Å²) >= 11 is 7.09.